The molecular formula is C15H24ClFN2. The Morgan fingerprint density at radius 1 is 1.37 bits per heavy atom. The van der Waals surface area contributed by atoms with Gasteiger partial charge in [0.2, 0.25) is 0 Å². The molecule has 1 aromatic carbocycles. The number of likely N-dealkylation sites (tertiary alicyclic amines) is 1. The van der Waals surface area contributed by atoms with Gasteiger partial charge in [-0.1, -0.05) is 19.1 Å². The highest BCUT2D eigenvalue weighted by Gasteiger charge is 2.29. The topological polar surface area (TPSA) is 29.3 Å². The Kier molecular flexibility index (Phi) is 6.24. The molecule has 3 unspecified atom stereocenters. The van der Waals surface area contributed by atoms with Crippen LogP contribution in [0.1, 0.15) is 38.3 Å². The molecule has 0 amide bonds. The summed E-state index contributed by atoms with van der Waals surface area (Å²) in [6.45, 7) is 6.44. The molecule has 0 spiro atoms. The van der Waals surface area contributed by atoms with Crippen LogP contribution >= 0.6 is 12.4 Å². The molecule has 0 aromatic heterocycles. The molecule has 0 aliphatic carbocycles. The number of hydrogen-bond donors (Lipinski definition) is 1. The van der Waals surface area contributed by atoms with Crippen LogP contribution in [0.15, 0.2) is 24.3 Å². The van der Waals surface area contributed by atoms with E-state index in [0.717, 1.165) is 19.5 Å². The summed E-state index contributed by atoms with van der Waals surface area (Å²) >= 11 is 0. The lowest BCUT2D eigenvalue weighted by Gasteiger charge is -2.28. The van der Waals surface area contributed by atoms with Crippen LogP contribution in [-0.4, -0.2) is 24.0 Å². The second kappa shape index (κ2) is 7.22. The van der Waals surface area contributed by atoms with Gasteiger partial charge < -0.3 is 5.73 Å². The number of halogens is 2. The van der Waals surface area contributed by atoms with Crippen molar-refractivity contribution in [2.75, 3.05) is 13.1 Å². The molecule has 2 nitrogen and oxygen atoms in total. The first-order chi connectivity index (χ1) is 8.61. The third-order valence-corrected chi connectivity index (χ3v) is 4.08. The number of rotatable bonds is 4. The van der Waals surface area contributed by atoms with Gasteiger partial charge in [-0.15, -0.1) is 12.4 Å². The summed E-state index contributed by atoms with van der Waals surface area (Å²) in [5.74, 6) is 0.433. The predicted octanol–water partition coefficient (Wildman–Crippen LogP) is 3.37. The molecule has 1 saturated heterocycles. The van der Waals surface area contributed by atoms with E-state index in [2.05, 4.69) is 18.7 Å². The van der Waals surface area contributed by atoms with Crippen LogP contribution in [0.4, 0.5) is 4.39 Å². The molecular weight excluding hydrogens is 263 g/mol. The molecule has 108 valence electrons. The smallest absolute Gasteiger partial charge is 0.123 e. The second-order valence-electron chi connectivity index (χ2n) is 5.38. The van der Waals surface area contributed by atoms with E-state index in [4.69, 9.17) is 5.73 Å². The van der Waals surface area contributed by atoms with Gasteiger partial charge in [-0.05, 0) is 49.9 Å². The van der Waals surface area contributed by atoms with E-state index in [1.807, 2.05) is 12.1 Å². The van der Waals surface area contributed by atoms with Crippen molar-refractivity contribution in [3.05, 3.63) is 35.6 Å². The molecule has 0 bridgehead atoms. The summed E-state index contributed by atoms with van der Waals surface area (Å²) in [7, 11) is 0. The molecule has 1 fully saturated rings. The summed E-state index contributed by atoms with van der Waals surface area (Å²) in [5, 5.41) is 0. The maximum atomic E-state index is 13.0. The van der Waals surface area contributed by atoms with E-state index in [9.17, 15) is 4.39 Å². The maximum Gasteiger partial charge on any atom is 0.123 e. The first kappa shape index (κ1) is 16.4. The van der Waals surface area contributed by atoms with Crippen molar-refractivity contribution in [2.24, 2.45) is 11.7 Å². The maximum absolute atomic E-state index is 13.0. The standard InChI is InChI=1S/C15H23FN2.ClH/c1-3-15(12-4-6-14(16)7-5-12)18-9-8-13(10-18)11(2)17;/h4-7,11,13,15H,3,8-10,17H2,1-2H3;1H. The SMILES string of the molecule is CCC(c1ccc(F)cc1)N1CCC(C(C)N)C1.Cl. The Hall–Kier alpha value is -0.640. The molecule has 1 aliphatic rings. The van der Waals surface area contributed by atoms with Crippen LogP contribution < -0.4 is 5.73 Å². The third-order valence-electron chi connectivity index (χ3n) is 4.08. The lowest BCUT2D eigenvalue weighted by atomic mass is 10.0. The molecule has 19 heavy (non-hydrogen) atoms. The lowest BCUT2D eigenvalue weighted by Crippen LogP contribution is -2.31. The first-order valence-corrected chi connectivity index (χ1v) is 6.87. The largest absolute Gasteiger partial charge is 0.328 e. The van der Waals surface area contributed by atoms with Crippen molar-refractivity contribution in [1.82, 2.24) is 4.90 Å². The van der Waals surface area contributed by atoms with E-state index < -0.39 is 0 Å². The van der Waals surface area contributed by atoms with Gasteiger partial charge in [-0.3, -0.25) is 4.90 Å². The molecule has 2 N–H and O–H groups in total. The quantitative estimate of drug-likeness (QED) is 0.919. The second-order valence-corrected chi connectivity index (χ2v) is 5.38. The lowest BCUT2D eigenvalue weighted by molar-refractivity contribution is 0.226. The predicted molar refractivity (Wildman–Crippen MR) is 80.0 cm³/mol. The van der Waals surface area contributed by atoms with Gasteiger partial charge in [0.25, 0.3) is 0 Å². The Morgan fingerprint density at radius 3 is 2.47 bits per heavy atom. The minimum absolute atomic E-state index is 0. The average Bonchev–Trinajstić information content (AvgIpc) is 2.82. The van der Waals surface area contributed by atoms with Crippen LogP contribution in [0, 0.1) is 11.7 Å². The number of nitrogens with zero attached hydrogens (tertiary/aromatic N) is 1. The van der Waals surface area contributed by atoms with E-state index in [-0.39, 0.29) is 24.3 Å². The molecule has 0 saturated carbocycles. The Labute approximate surface area is 121 Å². The fourth-order valence-corrected chi connectivity index (χ4v) is 2.92. The van der Waals surface area contributed by atoms with Gasteiger partial charge in [-0.25, -0.2) is 4.39 Å². The zero-order valence-electron chi connectivity index (χ0n) is 11.7. The number of benzene rings is 1. The van der Waals surface area contributed by atoms with Gasteiger partial charge in [0, 0.05) is 18.6 Å². The van der Waals surface area contributed by atoms with E-state index in [1.54, 1.807) is 12.1 Å². The minimum atomic E-state index is -0.163. The molecule has 1 aliphatic heterocycles. The molecule has 1 aromatic rings. The molecule has 3 atom stereocenters. The zero-order valence-corrected chi connectivity index (χ0v) is 12.5. The molecule has 0 radical (unpaired) electrons. The van der Waals surface area contributed by atoms with Crippen molar-refractivity contribution < 1.29 is 4.39 Å². The minimum Gasteiger partial charge on any atom is -0.328 e. The summed E-state index contributed by atoms with van der Waals surface area (Å²) in [5.41, 5.74) is 7.20. The van der Waals surface area contributed by atoms with E-state index in [0.29, 0.717) is 12.0 Å². The average molecular weight is 287 g/mol. The highest BCUT2D eigenvalue weighted by Crippen LogP contribution is 2.30. The Morgan fingerprint density at radius 2 is 2.00 bits per heavy atom. The van der Waals surface area contributed by atoms with Crippen LogP contribution in [0.3, 0.4) is 0 Å². The summed E-state index contributed by atoms with van der Waals surface area (Å²) in [6.07, 6.45) is 2.23. The fraction of sp³-hybridized carbons (Fsp3) is 0.600. The first-order valence-electron chi connectivity index (χ1n) is 6.87. The van der Waals surface area contributed by atoms with Gasteiger partial charge in [0.1, 0.15) is 5.82 Å². The van der Waals surface area contributed by atoms with Crippen molar-refractivity contribution in [2.45, 2.75) is 38.8 Å². The number of nitrogens with two attached hydrogens (primary N) is 1. The highest BCUT2D eigenvalue weighted by molar-refractivity contribution is 5.85. The van der Waals surface area contributed by atoms with Crippen LogP contribution in [0.2, 0.25) is 0 Å². The van der Waals surface area contributed by atoms with Gasteiger partial charge >= 0.3 is 0 Å². The van der Waals surface area contributed by atoms with Crippen molar-refractivity contribution in [3.8, 4) is 0 Å². The zero-order chi connectivity index (χ0) is 13.1. The van der Waals surface area contributed by atoms with Gasteiger partial charge in [-0.2, -0.15) is 0 Å². The Balaban J connectivity index is 0.00000180. The molecule has 1 heterocycles. The van der Waals surface area contributed by atoms with Crippen molar-refractivity contribution in [3.63, 3.8) is 0 Å². The van der Waals surface area contributed by atoms with E-state index in [1.165, 1.54) is 12.0 Å². The summed E-state index contributed by atoms with van der Waals surface area (Å²) in [4.78, 5) is 2.49. The highest BCUT2D eigenvalue weighted by atomic mass is 35.5. The van der Waals surface area contributed by atoms with Crippen molar-refractivity contribution in [1.29, 1.82) is 0 Å². The molecule has 4 heteroatoms. The summed E-state index contributed by atoms with van der Waals surface area (Å²) in [6, 6.07) is 7.58. The normalized spacial score (nSPS) is 22.8. The van der Waals surface area contributed by atoms with Gasteiger partial charge in [0.15, 0.2) is 0 Å². The summed E-state index contributed by atoms with van der Waals surface area (Å²) < 4.78 is 13.0. The van der Waals surface area contributed by atoms with Gasteiger partial charge in [0.05, 0.1) is 0 Å². The van der Waals surface area contributed by atoms with E-state index >= 15 is 0 Å². The Bertz CT molecular complexity index is 380. The third kappa shape index (κ3) is 3.91. The molecule has 2 rings (SSSR count). The van der Waals surface area contributed by atoms with Crippen LogP contribution in [0.5, 0.6) is 0 Å². The van der Waals surface area contributed by atoms with Crippen molar-refractivity contribution >= 4 is 12.4 Å². The monoisotopic (exact) mass is 286 g/mol. The number of hydrogen-bond acceptors (Lipinski definition) is 2. The fourth-order valence-electron chi connectivity index (χ4n) is 2.92. The van der Waals surface area contributed by atoms with Crippen LogP contribution in [-0.2, 0) is 0 Å². The van der Waals surface area contributed by atoms with Crippen LogP contribution in [0.25, 0.3) is 0 Å².